The van der Waals surface area contributed by atoms with E-state index in [9.17, 15) is 0 Å². The van der Waals surface area contributed by atoms with Crippen LogP contribution >= 0.6 is 0 Å². The number of hydrogen-bond acceptors (Lipinski definition) is 4. The minimum absolute atomic E-state index is 0.678. The van der Waals surface area contributed by atoms with E-state index in [4.69, 9.17) is 15.3 Å². The topological polar surface area (TPSA) is 69.9 Å². The van der Waals surface area contributed by atoms with Gasteiger partial charge in [0.2, 0.25) is 0 Å². The van der Waals surface area contributed by atoms with Gasteiger partial charge in [-0.2, -0.15) is 0 Å². The zero-order chi connectivity index (χ0) is 21.4. The number of nitrogens with two attached hydrogens (primary N) is 1. The lowest BCUT2D eigenvalue weighted by Gasteiger charge is -2.08. The summed E-state index contributed by atoms with van der Waals surface area (Å²) in [7, 11) is 0. The van der Waals surface area contributed by atoms with Crippen molar-refractivity contribution in [3.63, 3.8) is 0 Å². The molecule has 0 amide bonds. The summed E-state index contributed by atoms with van der Waals surface area (Å²) in [6, 6.07) is 25.0. The van der Waals surface area contributed by atoms with E-state index in [1.165, 1.54) is 11.1 Å². The Morgan fingerprint density at radius 1 is 0.871 bits per heavy atom. The van der Waals surface area contributed by atoms with Gasteiger partial charge >= 0.3 is 0 Å². The van der Waals surface area contributed by atoms with Crippen molar-refractivity contribution in [1.82, 2.24) is 14.8 Å². The molecule has 31 heavy (non-hydrogen) atoms. The summed E-state index contributed by atoms with van der Waals surface area (Å²) in [5.41, 5.74) is 8.33. The van der Waals surface area contributed by atoms with Gasteiger partial charge in [0.05, 0.1) is 16.7 Å². The standard InChI is InChI=1S/C26H24N4O/c1-17-25(18(2)31-29-17)21-15-22(13-19-9-5-3-6-10-19)26-23(16-21)30(27)24(28-26)14-20-11-7-4-8-12-20/h3-12,15-16H,13-14,27H2,1-2H3. The average molecular weight is 409 g/mol. The molecule has 0 aliphatic carbocycles. The number of nitrogens with zero attached hydrogens (tertiary/aromatic N) is 3. The molecule has 2 N–H and O–H groups in total. The Bertz CT molecular complexity index is 1330. The number of aryl methyl sites for hydroxylation is 2. The van der Waals surface area contributed by atoms with E-state index < -0.39 is 0 Å². The third-order valence-electron chi connectivity index (χ3n) is 5.71. The molecule has 0 aliphatic heterocycles. The van der Waals surface area contributed by atoms with Crippen LogP contribution in [-0.4, -0.2) is 14.8 Å². The fraction of sp³-hybridized carbons (Fsp3) is 0.154. The second kappa shape index (κ2) is 7.76. The number of aromatic nitrogens is 3. The molecule has 0 unspecified atom stereocenters. The number of imidazole rings is 1. The van der Waals surface area contributed by atoms with Crippen molar-refractivity contribution in [2.45, 2.75) is 26.7 Å². The van der Waals surface area contributed by atoms with Crippen LogP contribution in [0.2, 0.25) is 0 Å². The second-order valence-corrected chi connectivity index (χ2v) is 7.93. The maximum absolute atomic E-state index is 6.56. The Morgan fingerprint density at radius 3 is 2.13 bits per heavy atom. The fourth-order valence-electron chi connectivity index (χ4n) is 4.21. The molecule has 0 radical (unpaired) electrons. The van der Waals surface area contributed by atoms with Crippen molar-refractivity contribution >= 4 is 11.0 Å². The molecule has 0 spiro atoms. The summed E-state index contributed by atoms with van der Waals surface area (Å²) in [5, 5.41) is 4.14. The average Bonchev–Trinajstić information content (AvgIpc) is 3.28. The maximum atomic E-state index is 6.56. The van der Waals surface area contributed by atoms with Crippen molar-refractivity contribution in [3.8, 4) is 11.1 Å². The van der Waals surface area contributed by atoms with Crippen LogP contribution in [0.25, 0.3) is 22.2 Å². The van der Waals surface area contributed by atoms with E-state index in [1.54, 1.807) is 4.68 Å². The SMILES string of the molecule is Cc1noc(C)c1-c1cc(Cc2ccccc2)c2nc(Cc3ccccc3)n(N)c2c1. The lowest BCUT2D eigenvalue weighted by molar-refractivity contribution is 0.393. The molecule has 0 atom stereocenters. The summed E-state index contributed by atoms with van der Waals surface area (Å²) in [6.45, 7) is 3.91. The van der Waals surface area contributed by atoms with E-state index >= 15 is 0 Å². The van der Waals surface area contributed by atoms with Crippen molar-refractivity contribution in [2.75, 3.05) is 5.84 Å². The molecule has 0 aliphatic rings. The van der Waals surface area contributed by atoms with E-state index in [2.05, 4.69) is 53.7 Å². The van der Waals surface area contributed by atoms with Gasteiger partial charge in [-0.25, -0.2) is 9.66 Å². The van der Waals surface area contributed by atoms with E-state index in [0.29, 0.717) is 6.42 Å². The first-order chi connectivity index (χ1) is 15.1. The molecule has 154 valence electrons. The molecule has 0 fully saturated rings. The van der Waals surface area contributed by atoms with Gasteiger partial charge in [-0.3, -0.25) is 0 Å². The van der Waals surface area contributed by atoms with Crippen molar-refractivity contribution in [3.05, 3.63) is 107 Å². The molecule has 5 heteroatoms. The smallest absolute Gasteiger partial charge is 0.141 e. The zero-order valence-electron chi connectivity index (χ0n) is 17.7. The zero-order valence-corrected chi connectivity index (χ0v) is 17.7. The Labute approximate surface area is 181 Å². The highest BCUT2D eigenvalue weighted by molar-refractivity contribution is 5.87. The molecular formula is C26H24N4O. The van der Waals surface area contributed by atoms with Crippen LogP contribution in [0.5, 0.6) is 0 Å². The number of rotatable bonds is 5. The molecule has 2 heterocycles. The third-order valence-corrected chi connectivity index (χ3v) is 5.71. The van der Waals surface area contributed by atoms with Gasteiger partial charge in [0.1, 0.15) is 11.6 Å². The van der Waals surface area contributed by atoms with Gasteiger partial charge in [0, 0.05) is 12.0 Å². The van der Waals surface area contributed by atoms with Crippen molar-refractivity contribution < 1.29 is 4.52 Å². The summed E-state index contributed by atoms with van der Waals surface area (Å²) in [4.78, 5) is 4.97. The Hall–Kier alpha value is -3.86. The molecule has 0 saturated carbocycles. The number of benzene rings is 3. The van der Waals surface area contributed by atoms with Gasteiger partial charge in [0.15, 0.2) is 0 Å². The molecule has 2 aromatic heterocycles. The van der Waals surface area contributed by atoms with Crippen LogP contribution < -0.4 is 5.84 Å². The first kappa shape index (κ1) is 19.1. The number of hydrogen-bond donors (Lipinski definition) is 1. The monoisotopic (exact) mass is 408 g/mol. The molecule has 0 saturated heterocycles. The van der Waals surface area contributed by atoms with Gasteiger partial charge < -0.3 is 10.4 Å². The quantitative estimate of drug-likeness (QED) is 0.406. The molecule has 5 nitrogen and oxygen atoms in total. The highest BCUT2D eigenvalue weighted by atomic mass is 16.5. The van der Waals surface area contributed by atoms with Gasteiger partial charge in [-0.05, 0) is 54.7 Å². The van der Waals surface area contributed by atoms with Crippen LogP contribution in [0, 0.1) is 13.8 Å². The summed E-state index contributed by atoms with van der Waals surface area (Å²) in [6.07, 6.45) is 1.45. The summed E-state index contributed by atoms with van der Waals surface area (Å²) in [5.74, 6) is 8.20. The molecular weight excluding hydrogens is 384 g/mol. The first-order valence-electron chi connectivity index (χ1n) is 10.4. The van der Waals surface area contributed by atoms with E-state index in [0.717, 1.165) is 51.4 Å². The van der Waals surface area contributed by atoms with Gasteiger partial charge in [-0.1, -0.05) is 65.8 Å². The summed E-state index contributed by atoms with van der Waals surface area (Å²) < 4.78 is 7.15. The van der Waals surface area contributed by atoms with Crippen LogP contribution in [0.4, 0.5) is 0 Å². The fourth-order valence-corrected chi connectivity index (χ4v) is 4.21. The lowest BCUT2D eigenvalue weighted by Crippen LogP contribution is -2.12. The number of fused-ring (bicyclic) bond motifs is 1. The minimum atomic E-state index is 0.678. The summed E-state index contributed by atoms with van der Waals surface area (Å²) >= 11 is 0. The Kier molecular flexibility index (Phi) is 4.79. The molecule has 5 rings (SSSR count). The Balaban J connectivity index is 1.68. The van der Waals surface area contributed by atoms with Crippen LogP contribution in [0.3, 0.4) is 0 Å². The predicted octanol–water partition coefficient (Wildman–Crippen LogP) is 5.20. The Morgan fingerprint density at radius 2 is 1.52 bits per heavy atom. The van der Waals surface area contributed by atoms with Crippen molar-refractivity contribution in [1.29, 1.82) is 0 Å². The van der Waals surface area contributed by atoms with Crippen LogP contribution in [-0.2, 0) is 12.8 Å². The molecule has 5 aromatic rings. The molecule has 0 bridgehead atoms. The predicted molar refractivity (Wildman–Crippen MR) is 123 cm³/mol. The normalized spacial score (nSPS) is 11.3. The third kappa shape index (κ3) is 3.59. The van der Waals surface area contributed by atoms with E-state index in [1.807, 2.05) is 38.1 Å². The minimum Gasteiger partial charge on any atom is -0.361 e. The molecule has 3 aromatic carbocycles. The van der Waals surface area contributed by atoms with Crippen LogP contribution in [0.1, 0.15) is 34.0 Å². The van der Waals surface area contributed by atoms with Gasteiger partial charge in [0.25, 0.3) is 0 Å². The van der Waals surface area contributed by atoms with Gasteiger partial charge in [-0.15, -0.1) is 0 Å². The van der Waals surface area contributed by atoms with Crippen LogP contribution in [0.15, 0.2) is 77.3 Å². The highest BCUT2D eigenvalue weighted by Crippen LogP contribution is 2.33. The number of nitrogen functional groups attached to an aromatic ring is 1. The highest BCUT2D eigenvalue weighted by Gasteiger charge is 2.18. The largest absolute Gasteiger partial charge is 0.361 e. The maximum Gasteiger partial charge on any atom is 0.141 e. The second-order valence-electron chi connectivity index (χ2n) is 7.93. The van der Waals surface area contributed by atoms with Crippen molar-refractivity contribution in [2.24, 2.45) is 0 Å². The lowest BCUT2D eigenvalue weighted by atomic mass is 9.97. The first-order valence-corrected chi connectivity index (χ1v) is 10.4. The van der Waals surface area contributed by atoms with E-state index in [-0.39, 0.29) is 0 Å².